The number of nitrogens with zero attached hydrogens (tertiary/aromatic N) is 2. The van der Waals surface area contributed by atoms with Crippen LogP contribution in [0.3, 0.4) is 0 Å². The number of hydrogen-bond acceptors (Lipinski definition) is 4. The highest BCUT2D eigenvalue weighted by molar-refractivity contribution is 7.99. The van der Waals surface area contributed by atoms with E-state index in [2.05, 4.69) is 12.0 Å². The Balaban J connectivity index is 2.47. The summed E-state index contributed by atoms with van der Waals surface area (Å²) in [6.45, 7) is 2.83. The van der Waals surface area contributed by atoms with Crippen LogP contribution < -0.4 is 5.14 Å². The summed E-state index contributed by atoms with van der Waals surface area (Å²) >= 11 is 1.86. The molecule has 0 aliphatic carbocycles. The van der Waals surface area contributed by atoms with Crippen LogP contribution in [0.2, 0.25) is 0 Å². The van der Waals surface area contributed by atoms with Crippen LogP contribution in [0.5, 0.6) is 0 Å². The zero-order chi connectivity index (χ0) is 11.3. The maximum atomic E-state index is 10.9. The predicted molar refractivity (Wildman–Crippen MR) is 61.2 cm³/mol. The van der Waals surface area contributed by atoms with Crippen LogP contribution in [-0.2, 0) is 16.6 Å². The maximum Gasteiger partial charge on any atom is 0.241 e. The molecule has 0 aliphatic heterocycles. The Kier molecular flexibility index (Phi) is 4.62. The summed E-state index contributed by atoms with van der Waals surface area (Å²) in [6, 6.07) is 0. The van der Waals surface area contributed by atoms with Gasteiger partial charge in [-0.3, -0.25) is 4.68 Å². The summed E-state index contributed by atoms with van der Waals surface area (Å²) < 4.78 is 23.5. The molecule has 1 heterocycles. The lowest BCUT2D eigenvalue weighted by atomic mass is 10.5. The van der Waals surface area contributed by atoms with Crippen molar-refractivity contribution in [3.05, 3.63) is 12.4 Å². The molecule has 1 aromatic heterocycles. The number of nitrogens with two attached hydrogens (primary N) is 1. The van der Waals surface area contributed by atoms with Crippen molar-refractivity contribution in [1.29, 1.82) is 0 Å². The van der Waals surface area contributed by atoms with Crippen LogP contribution in [0.25, 0.3) is 0 Å². The molecule has 0 atom stereocenters. The Bertz CT molecular complexity index is 400. The van der Waals surface area contributed by atoms with E-state index in [1.807, 2.05) is 11.8 Å². The molecule has 2 N–H and O–H groups in total. The molecule has 5 nitrogen and oxygen atoms in total. The predicted octanol–water partition coefficient (Wildman–Crippen LogP) is 0.674. The van der Waals surface area contributed by atoms with Gasteiger partial charge in [-0.2, -0.15) is 16.9 Å². The molecular formula is C8H15N3O2S2. The molecule has 0 radical (unpaired) electrons. The van der Waals surface area contributed by atoms with Gasteiger partial charge in [0.1, 0.15) is 4.90 Å². The summed E-state index contributed by atoms with van der Waals surface area (Å²) in [6.07, 6.45) is 3.72. The Morgan fingerprint density at radius 3 is 2.87 bits per heavy atom. The number of aromatic nitrogens is 2. The Morgan fingerprint density at radius 1 is 1.60 bits per heavy atom. The highest BCUT2D eigenvalue weighted by Gasteiger charge is 2.09. The van der Waals surface area contributed by atoms with Crippen molar-refractivity contribution in [1.82, 2.24) is 9.78 Å². The molecule has 86 valence electrons. The average molecular weight is 249 g/mol. The van der Waals surface area contributed by atoms with Gasteiger partial charge in [0, 0.05) is 12.7 Å². The van der Waals surface area contributed by atoms with Crippen LogP contribution in [0, 0.1) is 0 Å². The van der Waals surface area contributed by atoms with E-state index in [1.165, 1.54) is 12.4 Å². The van der Waals surface area contributed by atoms with E-state index in [1.54, 1.807) is 4.68 Å². The second kappa shape index (κ2) is 5.53. The Labute approximate surface area is 94.1 Å². The van der Waals surface area contributed by atoms with E-state index >= 15 is 0 Å². The second-order valence-corrected chi connectivity index (χ2v) is 5.99. The summed E-state index contributed by atoms with van der Waals surface area (Å²) in [5.41, 5.74) is 0. The first-order valence-electron chi connectivity index (χ1n) is 4.67. The minimum atomic E-state index is -3.61. The molecule has 0 amide bonds. The molecule has 0 spiro atoms. The minimum Gasteiger partial charge on any atom is -0.271 e. The molecule has 0 bridgehead atoms. The highest BCUT2D eigenvalue weighted by Crippen LogP contribution is 2.06. The fourth-order valence-electron chi connectivity index (χ4n) is 1.09. The lowest BCUT2D eigenvalue weighted by molar-refractivity contribution is 0.594. The number of thioether (sulfide) groups is 1. The first-order valence-corrected chi connectivity index (χ1v) is 7.37. The largest absolute Gasteiger partial charge is 0.271 e. The van der Waals surface area contributed by atoms with E-state index in [9.17, 15) is 8.42 Å². The number of aryl methyl sites for hydroxylation is 1. The van der Waals surface area contributed by atoms with E-state index < -0.39 is 10.0 Å². The normalized spacial score (nSPS) is 11.9. The number of sulfonamides is 1. The van der Waals surface area contributed by atoms with Crippen LogP contribution in [-0.4, -0.2) is 29.7 Å². The van der Waals surface area contributed by atoms with Crippen molar-refractivity contribution >= 4 is 21.8 Å². The van der Waals surface area contributed by atoms with E-state index in [0.717, 1.165) is 24.5 Å². The smallest absolute Gasteiger partial charge is 0.241 e. The van der Waals surface area contributed by atoms with Gasteiger partial charge < -0.3 is 0 Å². The molecule has 0 unspecified atom stereocenters. The van der Waals surface area contributed by atoms with Crippen LogP contribution in [0.1, 0.15) is 13.3 Å². The summed E-state index contributed by atoms with van der Waals surface area (Å²) in [4.78, 5) is 0.0747. The number of hydrogen-bond donors (Lipinski definition) is 1. The van der Waals surface area contributed by atoms with Crippen molar-refractivity contribution in [2.45, 2.75) is 24.8 Å². The fraction of sp³-hybridized carbons (Fsp3) is 0.625. The Morgan fingerprint density at radius 2 is 2.33 bits per heavy atom. The molecule has 0 aromatic carbocycles. The molecule has 0 aliphatic rings. The molecule has 1 aromatic rings. The SMILES string of the molecule is CCSCCCn1cc(S(N)(=O)=O)cn1. The summed E-state index contributed by atoms with van der Waals surface area (Å²) in [7, 11) is -3.61. The van der Waals surface area contributed by atoms with Gasteiger partial charge in [-0.1, -0.05) is 6.92 Å². The summed E-state index contributed by atoms with van der Waals surface area (Å²) in [5, 5.41) is 8.89. The van der Waals surface area contributed by atoms with Crippen molar-refractivity contribution in [3.63, 3.8) is 0 Å². The van der Waals surface area contributed by atoms with E-state index in [4.69, 9.17) is 5.14 Å². The van der Waals surface area contributed by atoms with E-state index in [0.29, 0.717) is 0 Å². The van der Waals surface area contributed by atoms with Crippen LogP contribution in [0.15, 0.2) is 17.3 Å². The maximum absolute atomic E-state index is 10.9. The van der Waals surface area contributed by atoms with Crippen molar-refractivity contribution in [3.8, 4) is 0 Å². The number of rotatable bonds is 6. The van der Waals surface area contributed by atoms with Gasteiger partial charge in [0.05, 0.1) is 6.20 Å². The molecular weight excluding hydrogens is 234 g/mol. The lowest BCUT2D eigenvalue weighted by Gasteiger charge is -1.99. The first-order chi connectivity index (χ1) is 7.04. The van der Waals surface area contributed by atoms with Gasteiger partial charge >= 0.3 is 0 Å². The van der Waals surface area contributed by atoms with Crippen LogP contribution in [0.4, 0.5) is 0 Å². The van der Waals surface area contributed by atoms with Crippen molar-refractivity contribution in [2.75, 3.05) is 11.5 Å². The highest BCUT2D eigenvalue weighted by atomic mass is 32.2. The zero-order valence-electron chi connectivity index (χ0n) is 8.59. The quantitative estimate of drug-likeness (QED) is 0.752. The van der Waals surface area contributed by atoms with E-state index in [-0.39, 0.29) is 4.90 Å². The molecule has 0 fully saturated rings. The van der Waals surface area contributed by atoms with Crippen LogP contribution >= 0.6 is 11.8 Å². The Hall–Kier alpha value is -0.530. The molecule has 0 saturated heterocycles. The minimum absolute atomic E-state index is 0.0747. The van der Waals surface area contributed by atoms with Gasteiger partial charge in [0.15, 0.2) is 0 Å². The van der Waals surface area contributed by atoms with Gasteiger partial charge in [0.2, 0.25) is 10.0 Å². The third-order valence-electron chi connectivity index (χ3n) is 1.82. The summed E-state index contributed by atoms with van der Waals surface area (Å²) in [5.74, 6) is 2.16. The topological polar surface area (TPSA) is 78.0 Å². The molecule has 7 heteroatoms. The monoisotopic (exact) mass is 249 g/mol. The fourth-order valence-corrected chi connectivity index (χ4v) is 2.17. The second-order valence-electron chi connectivity index (χ2n) is 3.03. The van der Waals surface area contributed by atoms with Gasteiger partial charge in [-0.15, -0.1) is 0 Å². The third-order valence-corrected chi connectivity index (χ3v) is 3.67. The third kappa shape index (κ3) is 4.23. The van der Waals surface area contributed by atoms with Gasteiger partial charge in [-0.05, 0) is 17.9 Å². The lowest BCUT2D eigenvalue weighted by Crippen LogP contribution is -2.11. The van der Waals surface area contributed by atoms with Crippen molar-refractivity contribution < 1.29 is 8.42 Å². The zero-order valence-corrected chi connectivity index (χ0v) is 10.2. The van der Waals surface area contributed by atoms with Crippen molar-refractivity contribution in [2.24, 2.45) is 5.14 Å². The number of primary sulfonamides is 1. The first kappa shape index (κ1) is 12.5. The molecule has 15 heavy (non-hydrogen) atoms. The van der Waals surface area contributed by atoms with Gasteiger partial charge in [0.25, 0.3) is 0 Å². The molecule has 1 rings (SSSR count). The molecule has 0 saturated carbocycles. The standard InChI is InChI=1S/C8H15N3O2S2/c1-2-14-5-3-4-11-7-8(6-10-11)15(9,12)13/h6-7H,2-5H2,1H3,(H2,9,12,13). The van der Waals surface area contributed by atoms with Gasteiger partial charge in [-0.25, -0.2) is 13.6 Å². The average Bonchev–Trinajstić information content (AvgIpc) is 2.60.